The lowest BCUT2D eigenvalue weighted by Gasteiger charge is -2.24. The molecule has 0 bridgehead atoms. The molecule has 2 unspecified atom stereocenters. The maximum atomic E-state index is 11.5. The molecule has 0 aromatic rings. The van der Waals surface area contributed by atoms with Crippen molar-refractivity contribution in [3.05, 3.63) is 0 Å². The van der Waals surface area contributed by atoms with Gasteiger partial charge in [0.25, 0.3) is 0 Å². The lowest BCUT2D eigenvalue weighted by atomic mass is 9.96. The fourth-order valence-electron chi connectivity index (χ4n) is 2.46. The number of piperidine rings is 1. The van der Waals surface area contributed by atoms with Crippen LogP contribution in [-0.4, -0.2) is 43.2 Å². The van der Waals surface area contributed by atoms with E-state index < -0.39 is 0 Å². The van der Waals surface area contributed by atoms with Crippen LogP contribution in [0.3, 0.4) is 0 Å². The summed E-state index contributed by atoms with van der Waals surface area (Å²) in [4.78, 5) is 13.4. The highest BCUT2D eigenvalue weighted by atomic mass is 16.2. The number of nitrogens with zero attached hydrogens (tertiary/aromatic N) is 1. The number of amides is 2. The van der Waals surface area contributed by atoms with Gasteiger partial charge in [-0.2, -0.15) is 0 Å². The van der Waals surface area contributed by atoms with Crippen molar-refractivity contribution in [3.8, 4) is 0 Å². The highest BCUT2D eigenvalue weighted by molar-refractivity contribution is 5.76. The lowest BCUT2D eigenvalue weighted by Crippen LogP contribution is -2.34. The van der Waals surface area contributed by atoms with Gasteiger partial charge in [-0.15, -0.1) is 0 Å². The van der Waals surface area contributed by atoms with Gasteiger partial charge in [-0.25, -0.2) is 4.79 Å². The Morgan fingerprint density at radius 3 is 3.00 bits per heavy atom. The highest BCUT2D eigenvalue weighted by Gasteiger charge is 2.25. The standard InChI is InChI=1S/C11H21N3O/c1-9-8-14(11(15)13-9)6-4-10-3-2-5-12-7-10/h9-10,12H,2-8H2,1H3,(H,13,15). The van der Waals surface area contributed by atoms with Crippen LogP contribution in [0.4, 0.5) is 4.79 Å². The zero-order chi connectivity index (χ0) is 10.7. The van der Waals surface area contributed by atoms with Gasteiger partial charge < -0.3 is 15.5 Å². The third-order valence-electron chi connectivity index (χ3n) is 3.36. The monoisotopic (exact) mass is 211 g/mol. The molecule has 2 fully saturated rings. The number of hydrogen-bond acceptors (Lipinski definition) is 2. The quantitative estimate of drug-likeness (QED) is 0.725. The van der Waals surface area contributed by atoms with Crippen LogP contribution in [-0.2, 0) is 0 Å². The Bertz CT molecular complexity index is 226. The van der Waals surface area contributed by atoms with Crippen LogP contribution in [0, 0.1) is 5.92 Å². The number of carbonyl (C=O) groups excluding carboxylic acids is 1. The Hall–Kier alpha value is -0.770. The van der Waals surface area contributed by atoms with E-state index >= 15 is 0 Å². The second kappa shape index (κ2) is 4.84. The molecular weight excluding hydrogens is 190 g/mol. The third kappa shape index (κ3) is 2.84. The van der Waals surface area contributed by atoms with Gasteiger partial charge in [-0.3, -0.25) is 0 Å². The molecule has 0 radical (unpaired) electrons. The van der Waals surface area contributed by atoms with E-state index in [0.717, 1.165) is 38.5 Å². The van der Waals surface area contributed by atoms with E-state index in [-0.39, 0.29) is 6.03 Å². The van der Waals surface area contributed by atoms with Gasteiger partial charge in [-0.05, 0) is 45.2 Å². The summed E-state index contributed by atoms with van der Waals surface area (Å²) < 4.78 is 0. The summed E-state index contributed by atoms with van der Waals surface area (Å²) in [6.45, 7) is 6.14. The molecule has 2 atom stereocenters. The third-order valence-corrected chi connectivity index (χ3v) is 3.36. The molecule has 0 saturated carbocycles. The summed E-state index contributed by atoms with van der Waals surface area (Å²) in [6, 6.07) is 0.438. The van der Waals surface area contributed by atoms with Gasteiger partial charge in [-0.1, -0.05) is 0 Å². The first-order chi connectivity index (χ1) is 7.25. The van der Waals surface area contributed by atoms with E-state index in [9.17, 15) is 4.79 Å². The minimum Gasteiger partial charge on any atom is -0.334 e. The molecule has 2 rings (SSSR count). The Labute approximate surface area is 91.4 Å². The molecule has 4 nitrogen and oxygen atoms in total. The molecule has 0 aliphatic carbocycles. The smallest absolute Gasteiger partial charge is 0.317 e. The van der Waals surface area contributed by atoms with Gasteiger partial charge in [0.1, 0.15) is 0 Å². The van der Waals surface area contributed by atoms with Gasteiger partial charge in [0.05, 0.1) is 0 Å². The average Bonchev–Trinajstić information content (AvgIpc) is 2.56. The molecule has 86 valence electrons. The van der Waals surface area contributed by atoms with Crippen molar-refractivity contribution in [3.63, 3.8) is 0 Å². The summed E-state index contributed by atoms with van der Waals surface area (Å²) in [5, 5.41) is 6.34. The van der Waals surface area contributed by atoms with Crippen molar-refractivity contribution in [2.75, 3.05) is 26.2 Å². The van der Waals surface area contributed by atoms with Crippen molar-refractivity contribution in [1.82, 2.24) is 15.5 Å². The van der Waals surface area contributed by atoms with Crippen molar-refractivity contribution >= 4 is 6.03 Å². The van der Waals surface area contributed by atoms with Crippen molar-refractivity contribution in [2.24, 2.45) is 5.92 Å². The highest BCUT2D eigenvalue weighted by Crippen LogP contribution is 2.15. The fourth-order valence-corrected chi connectivity index (χ4v) is 2.46. The van der Waals surface area contributed by atoms with Crippen LogP contribution in [0.5, 0.6) is 0 Å². The number of nitrogens with one attached hydrogen (secondary N) is 2. The summed E-state index contributed by atoms with van der Waals surface area (Å²) >= 11 is 0. The molecular formula is C11H21N3O. The molecule has 15 heavy (non-hydrogen) atoms. The van der Waals surface area contributed by atoms with E-state index in [0.29, 0.717) is 6.04 Å². The molecule has 2 aliphatic rings. The van der Waals surface area contributed by atoms with Crippen LogP contribution < -0.4 is 10.6 Å². The summed E-state index contributed by atoms with van der Waals surface area (Å²) in [6.07, 6.45) is 3.75. The van der Waals surface area contributed by atoms with Gasteiger partial charge in [0.2, 0.25) is 0 Å². The second-order valence-electron chi connectivity index (χ2n) is 4.80. The zero-order valence-electron chi connectivity index (χ0n) is 9.46. The van der Waals surface area contributed by atoms with Crippen molar-refractivity contribution in [2.45, 2.75) is 32.2 Å². The average molecular weight is 211 g/mol. The van der Waals surface area contributed by atoms with Crippen LogP contribution in [0.15, 0.2) is 0 Å². The van der Waals surface area contributed by atoms with Gasteiger partial charge in [0, 0.05) is 19.1 Å². The van der Waals surface area contributed by atoms with E-state index in [1.807, 2.05) is 4.90 Å². The molecule has 0 aromatic carbocycles. The number of rotatable bonds is 3. The summed E-state index contributed by atoms with van der Waals surface area (Å²) in [5.41, 5.74) is 0. The van der Waals surface area contributed by atoms with Crippen LogP contribution in [0.25, 0.3) is 0 Å². The number of carbonyl (C=O) groups is 1. The molecule has 2 aliphatic heterocycles. The molecule has 2 heterocycles. The normalized spacial score (nSPS) is 31.8. The molecule has 0 spiro atoms. The van der Waals surface area contributed by atoms with E-state index in [1.54, 1.807) is 0 Å². The van der Waals surface area contributed by atoms with Crippen molar-refractivity contribution in [1.29, 1.82) is 0 Å². The zero-order valence-corrected chi connectivity index (χ0v) is 9.46. The molecule has 2 saturated heterocycles. The predicted molar refractivity (Wildman–Crippen MR) is 59.8 cm³/mol. The first-order valence-corrected chi connectivity index (χ1v) is 6.02. The van der Waals surface area contributed by atoms with E-state index in [4.69, 9.17) is 0 Å². The van der Waals surface area contributed by atoms with E-state index in [1.165, 1.54) is 12.8 Å². The van der Waals surface area contributed by atoms with Gasteiger partial charge in [0.15, 0.2) is 0 Å². The minimum absolute atomic E-state index is 0.117. The Kier molecular flexibility index (Phi) is 3.46. The molecule has 2 amide bonds. The molecule has 2 N–H and O–H groups in total. The summed E-state index contributed by atoms with van der Waals surface area (Å²) in [7, 11) is 0. The predicted octanol–water partition coefficient (Wildman–Crippen LogP) is 0.790. The SMILES string of the molecule is CC1CN(CCC2CCCNC2)C(=O)N1. The van der Waals surface area contributed by atoms with Crippen LogP contribution in [0.1, 0.15) is 26.2 Å². The van der Waals surface area contributed by atoms with E-state index in [2.05, 4.69) is 17.6 Å². The Morgan fingerprint density at radius 2 is 2.40 bits per heavy atom. The molecule has 0 aromatic heterocycles. The second-order valence-corrected chi connectivity index (χ2v) is 4.80. The maximum Gasteiger partial charge on any atom is 0.317 e. The largest absolute Gasteiger partial charge is 0.334 e. The number of urea groups is 1. The Morgan fingerprint density at radius 1 is 1.53 bits per heavy atom. The summed E-state index contributed by atoms with van der Waals surface area (Å²) in [5.74, 6) is 0.766. The van der Waals surface area contributed by atoms with Crippen molar-refractivity contribution < 1.29 is 4.79 Å². The first kappa shape index (κ1) is 10.7. The first-order valence-electron chi connectivity index (χ1n) is 6.02. The lowest BCUT2D eigenvalue weighted by molar-refractivity contribution is 0.211. The number of hydrogen-bond donors (Lipinski definition) is 2. The fraction of sp³-hybridized carbons (Fsp3) is 0.909. The maximum absolute atomic E-state index is 11.5. The van der Waals surface area contributed by atoms with Crippen LogP contribution in [0.2, 0.25) is 0 Å². The minimum atomic E-state index is 0.117. The van der Waals surface area contributed by atoms with Gasteiger partial charge >= 0.3 is 6.03 Å². The topological polar surface area (TPSA) is 44.4 Å². The molecule has 4 heteroatoms. The van der Waals surface area contributed by atoms with Crippen LogP contribution >= 0.6 is 0 Å². The Balaban J connectivity index is 1.70.